The number of carbonyl (C=O) groups excluding carboxylic acids is 3. The van der Waals surface area contributed by atoms with Crippen molar-refractivity contribution in [1.29, 1.82) is 0 Å². The maximum Gasteiger partial charge on any atom is 0.410 e. The SMILES string of the molecule is CC1(NC(=O)OCc2ccc([N+](=O)[O-])cc2)CN(C(=O)[C@@H]2C[C@H](S)CN2C(=O)OCc2ccc([N+](=O)[O-])cc2)C1. The van der Waals surface area contributed by atoms with Gasteiger partial charge in [0.25, 0.3) is 11.4 Å². The molecule has 15 heteroatoms. The van der Waals surface area contributed by atoms with E-state index in [1.165, 1.54) is 58.3 Å². The molecule has 1 N–H and O–H groups in total. The summed E-state index contributed by atoms with van der Waals surface area (Å²) < 4.78 is 10.6. The number of non-ortho nitro benzene ring substituents is 2. The lowest BCUT2D eigenvalue weighted by atomic mass is 9.91. The number of benzene rings is 2. The minimum absolute atomic E-state index is 0.0669. The lowest BCUT2D eigenvalue weighted by molar-refractivity contribution is -0.385. The summed E-state index contributed by atoms with van der Waals surface area (Å²) in [6, 6.07) is 10.5. The topological polar surface area (TPSA) is 174 Å². The molecule has 0 saturated carbocycles. The Balaban J connectivity index is 1.25. The van der Waals surface area contributed by atoms with Crippen molar-refractivity contribution in [1.82, 2.24) is 15.1 Å². The van der Waals surface area contributed by atoms with Crippen molar-refractivity contribution >= 4 is 42.1 Å². The predicted octanol–water partition coefficient (Wildman–Crippen LogP) is 3.04. The van der Waals surface area contributed by atoms with Gasteiger partial charge in [0, 0.05) is 49.1 Å². The molecule has 2 aliphatic heterocycles. The molecule has 2 saturated heterocycles. The number of amides is 3. The van der Waals surface area contributed by atoms with Gasteiger partial charge < -0.3 is 19.7 Å². The average molecular weight is 574 g/mol. The van der Waals surface area contributed by atoms with Crippen molar-refractivity contribution in [3.05, 3.63) is 79.9 Å². The predicted molar refractivity (Wildman–Crippen MR) is 143 cm³/mol. The second kappa shape index (κ2) is 11.8. The lowest BCUT2D eigenvalue weighted by Gasteiger charge is -2.49. The second-order valence-corrected chi connectivity index (χ2v) is 10.6. The van der Waals surface area contributed by atoms with Crippen molar-refractivity contribution in [2.24, 2.45) is 0 Å². The molecular weight excluding hydrogens is 546 g/mol. The van der Waals surface area contributed by atoms with Crippen molar-refractivity contribution < 1.29 is 33.7 Å². The fourth-order valence-electron chi connectivity index (χ4n) is 4.58. The van der Waals surface area contributed by atoms with Gasteiger partial charge in [-0.15, -0.1) is 0 Å². The molecule has 0 spiro atoms. The van der Waals surface area contributed by atoms with Crippen LogP contribution in [0.5, 0.6) is 0 Å². The summed E-state index contributed by atoms with van der Waals surface area (Å²) in [7, 11) is 0. The number of alkyl carbamates (subject to hydrolysis) is 1. The first-order chi connectivity index (χ1) is 18.9. The van der Waals surface area contributed by atoms with Gasteiger partial charge in [-0.2, -0.15) is 12.6 Å². The molecule has 212 valence electrons. The van der Waals surface area contributed by atoms with Gasteiger partial charge in [-0.1, -0.05) is 0 Å². The van der Waals surface area contributed by atoms with Crippen molar-refractivity contribution in [2.75, 3.05) is 19.6 Å². The minimum Gasteiger partial charge on any atom is -0.445 e. The minimum atomic E-state index is -0.773. The zero-order valence-electron chi connectivity index (χ0n) is 21.4. The molecule has 2 aromatic rings. The number of carbonyl (C=O) groups is 3. The molecule has 2 fully saturated rings. The van der Waals surface area contributed by atoms with Crippen molar-refractivity contribution in [3.8, 4) is 0 Å². The molecule has 2 aromatic carbocycles. The summed E-state index contributed by atoms with van der Waals surface area (Å²) in [5.41, 5.74) is 0.269. The van der Waals surface area contributed by atoms with E-state index in [1.54, 1.807) is 6.92 Å². The first-order valence-electron chi connectivity index (χ1n) is 12.3. The molecule has 0 aromatic heterocycles. The largest absolute Gasteiger partial charge is 0.445 e. The second-order valence-electron chi connectivity index (χ2n) is 9.92. The molecule has 0 bridgehead atoms. The van der Waals surface area contributed by atoms with Gasteiger partial charge in [0.15, 0.2) is 0 Å². The fourth-order valence-corrected chi connectivity index (χ4v) is 4.95. The highest BCUT2D eigenvalue weighted by molar-refractivity contribution is 7.81. The molecule has 40 heavy (non-hydrogen) atoms. The Morgan fingerprint density at radius 3 is 1.95 bits per heavy atom. The number of nitrogens with one attached hydrogen (secondary N) is 1. The lowest BCUT2D eigenvalue weighted by Crippen LogP contribution is -2.71. The third kappa shape index (κ3) is 6.77. The van der Waals surface area contributed by atoms with Gasteiger partial charge in [-0.05, 0) is 48.7 Å². The Bertz CT molecular complexity index is 1300. The summed E-state index contributed by atoms with van der Waals surface area (Å²) >= 11 is 4.44. The van der Waals surface area contributed by atoms with Crippen LogP contribution in [0.4, 0.5) is 21.0 Å². The van der Waals surface area contributed by atoms with Crippen LogP contribution in [-0.2, 0) is 27.5 Å². The number of nitro groups is 2. The molecule has 4 rings (SSSR count). The third-order valence-corrected chi connectivity index (χ3v) is 6.99. The van der Waals surface area contributed by atoms with Gasteiger partial charge in [0.2, 0.25) is 5.91 Å². The van der Waals surface area contributed by atoms with Gasteiger partial charge in [0.1, 0.15) is 19.3 Å². The summed E-state index contributed by atoms with van der Waals surface area (Å²) in [6.45, 7) is 2.20. The van der Waals surface area contributed by atoms with Crippen LogP contribution in [0, 0.1) is 20.2 Å². The highest BCUT2D eigenvalue weighted by atomic mass is 32.1. The molecule has 2 heterocycles. The molecule has 3 amide bonds. The Kier molecular flexibility index (Phi) is 8.42. The maximum atomic E-state index is 13.2. The Morgan fingerprint density at radius 2 is 1.45 bits per heavy atom. The maximum absolute atomic E-state index is 13.2. The first-order valence-corrected chi connectivity index (χ1v) is 12.8. The van der Waals surface area contributed by atoms with Crippen LogP contribution in [0.2, 0.25) is 0 Å². The van der Waals surface area contributed by atoms with E-state index in [0.29, 0.717) is 17.5 Å². The van der Waals surface area contributed by atoms with Crippen LogP contribution >= 0.6 is 12.6 Å². The van der Waals surface area contributed by atoms with E-state index in [2.05, 4.69) is 17.9 Å². The van der Waals surface area contributed by atoms with E-state index in [0.717, 1.165) is 0 Å². The Morgan fingerprint density at radius 1 is 0.950 bits per heavy atom. The quantitative estimate of drug-likeness (QED) is 0.273. The zero-order valence-corrected chi connectivity index (χ0v) is 22.3. The molecule has 14 nitrogen and oxygen atoms in total. The van der Waals surface area contributed by atoms with E-state index >= 15 is 0 Å². The number of ether oxygens (including phenoxy) is 2. The standard InChI is InChI=1S/C25H27N5O9S/c1-25(26-23(32)38-12-16-2-6-18(7-3-16)29(34)35)14-27(15-25)22(31)21-10-20(40)11-28(21)24(33)39-13-17-4-8-19(9-5-17)30(36)37/h2-9,20-21,40H,10-15H2,1H3,(H,26,32)/t20-,21-/m0/s1. The van der Waals surface area contributed by atoms with Gasteiger partial charge in [0.05, 0.1) is 15.4 Å². The smallest absolute Gasteiger partial charge is 0.410 e. The number of thiol groups is 1. The first kappa shape index (κ1) is 28.6. The van der Waals surface area contributed by atoms with Crippen LogP contribution in [0.15, 0.2) is 48.5 Å². The summed E-state index contributed by atoms with van der Waals surface area (Å²) in [5.74, 6) is -0.289. The summed E-state index contributed by atoms with van der Waals surface area (Å²) in [6.07, 6.45) is -1.04. The molecule has 0 radical (unpaired) electrons. The Hall–Kier alpha value is -4.40. The molecule has 2 aliphatic rings. The summed E-state index contributed by atoms with van der Waals surface area (Å²) in [4.78, 5) is 61.6. The summed E-state index contributed by atoms with van der Waals surface area (Å²) in [5, 5.41) is 24.1. The molecule has 2 atom stereocenters. The Labute approximate surface area is 233 Å². The van der Waals surface area contributed by atoms with Crippen LogP contribution in [0.1, 0.15) is 24.5 Å². The van der Waals surface area contributed by atoms with Crippen LogP contribution in [-0.4, -0.2) is 74.2 Å². The van der Waals surface area contributed by atoms with Crippen molar-refractivity contribution in [2.45, 2.75) is 43.4 Å². The van der Waals surface area contributed by atoms with E-state index in [9.17, 15) is 34.6 Å². The average Bonchev–Trinajstić information content (AvgIpc) is 3.30. The van der Waals surface area contributed by atoms with Gasteiger partial charge >= 0.3 is 12.2 Å². The number of nitro benzene ring substituents is 2. The molecule has 0 aliphatic carbocycles. The normalized spacial score (nSPS) is 19.4. The van der Waals surface area contributed by atoms with Crippen LogP contribution in [0.25, 0.3) is 0 Å². The molecule has 0 unspecified atom stereocenters. The number of hydrogen-bond donors (Lipinski definition) is 2. The van der Waals surface area contributed by atoms with E-state index in [-0.39, 0.29) is 55.4 Å². The van der Waals surface area contributed by atoms with E-state index < -0.39 is 33.6 Å². The van der Waals surface area contributed by atoms with Gasteiger partial charge in [-0.3, -0.25) is 29.9 Å². The number of likely N-dealkylation sites (tertiary alicyclic amines) is 2. The van der Waals surface area contributed by atoms with Gasteiger partial charge in [-0.25, -0.2) is 9.59 Å². The van der Waals surface area contributed by atoms with Crippen LogP contribution in [0.3, 0.4) is 0 Å². The van der Waals surface area contributed by atoms with Crippen molar-refractivity contribution in [3.63, 3.8) is 0 Å². The third-order valence-electron chi connectivity index (χ3n) is 6.62. The van der Waals surface area contributed by atoms with E-state index in [4.69, 9.17) is 9.47 Å². The van der Waals surface area contributed by atoms with E-state index in [1.807, 2.05) is 0 Å². The molecular formula is C25H27N5O9S. The number of nitrogens with zero attached hydrogens (tertiary/aromatic N) is 4. The number of hydrogen-bond acceptors (Lipinski definition) is 10. The zero-order chi connectivity index (χ0) is 29.0. The highest BCUT2D eigenvalue weighted by Gasteiger charge is 2.48. The number of rotatable bonds is 8. The monoisotopic (exact) mass is 573 g/mol. The van der Waals surface area contributed by atoms with Crippen LogP contribution < -0.4 is 5.32 Å². The fraction of sp³-hybridized carbons (Fsp3) is 0.400. The highest BCUT2D eigenvalue weighted by Crippen LogP contribution is 2.29.